The van der Waals surface area contributed by atoms with E-state index < -0.39 is 144 Å². The number of aliphatic hydroxyl groups excluding tert-OH is 7. The summed E-state index contributed by atoms with van der Waals surface area (Å²) < 4.78 is 49.6. The lowest BCUT2D eigenvalue weighted by molar-refractivity contribution is -0.319. The molecular weight excluding hydrogens is 1050 g/mol. The molecule has 5 saturated heterocycles. The van der Waals surface area contributed by atoms with E-state index in [0.717, 1.165) is 25.8 Å². The standard InChI is InChI=1S/C38H69NO13.C18H34N2O6S/c1-15-26-38(10,45)31(42)21(4)28(40)19(2)17-37(9,47-14)33(52-35-29(41)25(39(11)12)16-20(3)48-35)22(5)30(23(6)34(44)50-26)51-27-18-36(8,46-13)32(43)24(7)49-27;1-5-6-10-7-11(20(3)8-10)17(25)19-12(9(2)21)16-14(23)13(22)15(24)18(26-16)27-4/h19-27,29-33,35,41-43,45H,15-18H2,1-14H3;9-16,18,21-24H,5-8H2,1-4H3,(H,19,25)/t19-,20-,21+,22?,23-,24+,25+,26-,27+,29-,30+,31-,32+,33-,35+,36-,37-,38-;9-,10-,11+,12-,13+,14-,15-,16-,18-/m11/s1. The second-order valence-electron chi connectivity index (χ2n) is 24.4. The van der Waals surface area contributed by atoms with Crippen LogP contribution in [0.3, 0.4) is 0 Å². The zero-order valence-electron chi connectivity index (χ0n) is 50.4. The third-order valence-corrected chi connectivity index (χ3v) is 18.8. The number of carbonyl (C=O) groups is 3. The molecule has 27 atom stereocenters. The molecule has 0 bridgehead atoms. The number of rotatable bonds is 15. The Labute approximate surface area is 474 Å². The first-order valence-corrected chi connectivity index (χ1v) is 29.8. The van der Waals surface area contributed by atoms with Gasteiger partial charge in [0.2, 0.25) is 5.91 Å². The molecule has 5 fully saturated rings. The summed E-state index contributed by atoms with van der Waals surface area (Å²) in [5.41, 5.74) is -5.00. The van der Waals surface area contributed by atoms with Crippen molar-refractivity contribution in [2.75, 3.05) is 48.2 Å². The van der Waals surface area contributed by atoms with Crippen LogP contribution < -0.4 is 5.32 Å². The minimum Gasteiger partial charge on any atom is -0.459 e. The second kappa shape index (κ2) is 29.4. The molecule has 0 aromatic heterocycles. The van der Waals surface area contributed by atoms with Crippen molar-refractivity contribution in [2.24, 2.45) is 29.6 Å². The van der Waals surface area contributed by atoms with Crippen molar-refractivity contribution in [3.8, 4) is 0 Å². The summed E-state index contributed by atoms with van der Waals surface area (Å²) >= 11 is 1.20. The number of nitrogens with one attached hydrogen (secondary N) is 1. The highest BCUT2D eigenvalue weighted by Crippen LogP contribution is 2.42. The topological polar surface area (TPSA) is 305 Å². The molecule has 0 spiro atoms. The van der Waals surface area contributed by atoms with Gasteiger partial charge in [0.15, 0.2) is 12.6 Å². The van der Waals surface area contributed by atoms with E-state index in [1.54, 1.807) is 54.7 Å². The third-order valence-electron chi connectivity index (χ3n) is 17.9. The first-order chi connectivity index (χ1) is 36.7. The molecule has 9 N–H and O–H groups in total. The van der Waals surface area contributed by atoms with Crippen LogP contribution in [-0.4, -0.2) is 249 Å². The van der Waals surface area contributed by atoms with Gasteiger partial charge in [0, 0.05) is 51.0 Å². The minimum atomic E-state index is -1.96. The van der Waals surface area contributed by atoms with Crippen molar-refractivity contribution in [2.45, 2.75) is 260 Å². The van der Waals surface area contributed by atoms with Crippen molar-refractivity contribution in [3.05, 3.63) is 0 Å². The van der Waals surface area contributed by atoms with Gasteiger partial charge >= 0.3 is 5.97 Å². The predicted octanol–water partition coefficient (Wildman–Crippen LogP) is 1.58. The average molecular weight is 1150 g/mol. The molecule has 1 amide bonds. The van der Waals surface area contributed by atoms with Crippen LogP contribution in [0.2, 0.25) is 0 Å². The molecule has 0 radical (unpaired) electrons. The molecule has 22 nitrogen and oxygen atoms in total. The van der Waals surface area contributed by atoms with Crippen LogP contribution in [0.5, 0.6) is 0 Å². The maximum Gasteiger partial charge on any atom is 0.311 e. The molecule has 0 aromatic carbocycles. The van der Waals surface area contributed by atoms with Crippen LogP contribution >= 0.6 is 11.8 Å². The number of methoxy groups -OCH3 is 2. The van der Waals surface area contributed by atoms with E-state index in [1.165, 1.54) is 39.8 Å². The maximum absolute atomic E-state index is 14.2. The van der Waals surface area contributed by atoms with E-state index in [2.05, 4.69) is 12.2 Å². The Morgan fingerprint density at radius 3 is 2.01 bits per heavy atom. The van der Waals surface area contributed by atoms with Gasteiger partial charge in [-0.1, -0.05) is 41.0 Å². The van der Waals surface area contributed by atoms with Gasteiger partial charge in [-0.15, -0.1) is 11.8 Å². The van der Waals surface area contributed by atoms with Gasteiger partial charge in [-0.05, 0) is 114 Å². The molecule has 462 valence electrons. The van der Waals surface area contributed by atoms with E-state index in [1.807, 2.05) is 44.8 Å². The molecule has 5 aliphatic heterocycles. The van der Waals surface area contributed by atoms with Crippen LogP contribution in [0.25, 0.3) is 0 Å². The molecule has 5 rings (SSSR count). The number of hydrogen-bond donors (Lipinski definition) is 9. The second-order valence-corrected chi connectivity index (χ2v) is 25.4. The quantitative estimate of drug-likeness (QED) is 0.105. The SMILES string of the molecule is CCC[C@@H]1C[C@@H](C(=O)N[C@@H]([C@H]2O[C@H](SC)[C@H](O)[C@@H](O)[C@H]2O)[C@@H](C)O)N(C)C1.CC[C@H]1OC(=O)[C@H](C)[C@@H](O[C@H]2C[C@@](C)(OC)[C@@H](O)[C@H](C)O2)C(C)[C@@H](O[C@@H]2O[C@H](C)C[C@H](N(C)C)[C@H]2O)[C@](C)(OC)C[C@@H](C)C(=O)[C@H](C)[C@@H](O)[C@]1(C)O. The van der Waals surface area contributed by atoms with E-state index in [0.29, 0.717) is 12.3 Å². The van der Waals surface area contributed by atoms with Crippen molar-refractivity contribution >= 4 is 29.4 Å². The Hall–Kier alpha value is -1.72. The number of thioether (sulfide) groups is 1. The summed E-state index contributed by atoms with van der Waals surface area (Å²) in [6.45, 7) is 21.5. The van der Waals surface area contributed by atoms with Crippen LogP contribution in [-0.2, 0) is 52.3 Å². The van der Waals surface area contributed by atoms with Gasteiger partial charge in [-0.25, -0.2) is 0 Å². The van der Waals surface area contributed by atoms with Gasteiger partial charge in [0.25, 0.3) is 0 Å². The fraction of sp³-hybridized carbons (Fsp3) is 0.946. The van der Waals surface area contributed by atoms with Gasteiger partial charge in [0.05, 0.1) is 65.8 Å². The lowest BCUT2D eigenvalue weighted by atomic mass is 9.74. The monoisotopic (exact) mass is 1150 g/mol. The Kier molecular flexibility index (Phi) is 26.0. The fourth-order valence-electron chi connectivity index (χ4n) is 12.7. The van der Waals surface area contributed by atoms with Crippen LogP contribution in [0.4, 0.5) is 0 Å². The number of amides is 1. The molecule has 5 heterocycles. The molecule has 0 aliphatic carbocycles. The smallest absolute Gasteiger partial charge is 0.311 e. The number of ether oxygens (including phenoxy) is 8. The molecular formula is C56H103N3O19S. The number of esters is 1. The highest BCUT2D eigenvalue weighted by Gasteiger charge is 2.55. The number of nitrogens with zero attached hydrogens (tertiary/aromatic N) is 2. The summed E-state index contributed by atoms with van der Waals surface area (Å²) in [7, 11) is 8.68. The van der Waals surface area contributed by atoms with Gasteiger partial charge in [-0.2, -0.15) is 0 Å². The number of Topliss-reactive ketones (excluding diaryl/α,β-unsaturated/α-hetero) is 1. The zero-order valence-corrected chi connectivity index (χ0v) is 51.2. The van der Waals surface area contributed by atoms with Gasteiger partial charge in [-0.3, -0.25) is 19.3 Å². The van der Waals surface area contributed by atoms with E-state index in [-0.39, 0.29) is 49.1 Å². The third kappa shape index (κ3) is 16.2. The molecule has 0 saturated carbocycles. The lowest BCUT2D eigenvalue weighted by Crippen LogP contribution is -2.65. The van der Waals surface area contributed by atoms with Crippen molar-refractivity contribution in [1.29, 1.82) is 0 Å². The molecule has 23 heteroatoms. The summed E-state index contributed by atoms with van der Waals surface area (Å²) in [5.74, 6) is -4.22. The molecule has 0 aromatic rings. The van der Waals surface area contributed by atoms with Crippen molar-refractivity contribution < 1.29 is 93.1 Å². The number of carbonyl (C=O) groups excluding carboxylic acids is 3. The highest BCUT2D eigenvalue weighted by atomic mass is 32.2. The van der Waals surface area contributed by atoms with Crippen LogP contribution in [0.1, 0.15) is 128 Å². The fourth-order valence-corrected chi connectivity index (χ4v) is 13.4. The Morgan fingerprint density at radius 1 is 0.848 bits per heavy atom. The summed E-state index contributed by atoms with van der Waals surface area (Å²) in [5, 5.41) is 89.1. The Morgan fingerprint density at radius 2 is 1.47 bits per heavy atom. The predicted molar refractivity (Wildman–Crippen MR) is 294 cm³/mol. The summed E-state index contributed by atoms with van der Waals surface area (Å²) in [6, 6.07) is -1.48. The van der Waals surface area contributed by atoms with E-state index in [9.17, 15) is 55.2 Å². The number of hydrogen-bond acceptors (Lipinski definition) is 22. The van der Waals surface area contributed by atoms with E-state index >= 15 is 0 Å². The maximum atomic E-state index is 14.2. The summed E-state index contributed by atoms with van der Waals surface area (Å²) in [4.78, 5) is 44.9. The minimum absolute atomic E-state index is 0.111. The normalized spacial score (nSPS) is 45.9. The number of ketones is 1. The van der Waals surface area contributed by atoms with Gasteiger partial charge < -0.3 is 89.0 Å². The first kappa shape index (κ1) is 69.8. The van der Waals surface area contributed by atoms with Crippen LogP contribution in [0, 0.1) is 29.6 Å². The van der Waals surface area contributed by atoms with Crippen LogP contribution in [0.15, 0.2) is 0 Å². The highest BCUT2D eigenvalue weighted by molar-refractivity contribution is 7.99. The van der Waals surface area contributed by atoms with E-state index in [4.69, 9.17) is 37.9 Å². The van der Waals surface area contributed by atoms with Crippen molar-refractivity contribution in [3.63, 3.8) is 0 Å². The number of likely N-dealkylation sites (tertiary alicyclic amines) is 1. The average Bonchev–Trinajstić information content (AvgIpc) is 3.82. The largest absolute Gasteiger partial charge is 0.459 e. The van der Waals surface area contributed by atoms with Gasteiger partial charge in [0.1, 0.15) is 59.5 Å². The number of aliphatic hydroxyl groups is 8. The Balaban J connectivity index is 0.000000416. The lowest BCUT2D eigenvalue weighted by Gasteiger charge is -2.50. The molecule has 79 heavy (non-hydrogen) atoms. The Bertz CT molecular complexity index is 1930. The first-order valence-electron chi connectivity index (χ1n) is 28.5. The molecule has 1 unspecified atom stereocenters. The molecule has 5 aliphatic rings. The number of likely N-dealkylation sites (N-methyl/N-ethyl adjacent to an activating group) is 2. The number of cyclic esters (lactones) is 1. The summed E-state index contributed by atoms with van der Waals surface area (Å²) in [6.07, 6.45) is -10.2. The zero-order chi connectivity index (χ0) is 60.0. The van der Waals surface area contributed by atoms with Crippen molar-refractivity contribution in [1.82, 2.24) is 15.1 Å².